The van der Waals surface area contributed by atoms with Crippen molar-refractivity contribution in [2.45, 2.75) is 19.9 Å². The topological polar surface area (TPSA) is 91.4 Å². The monoisotopic (exact) mass is 400 g/mol. The van der Waals surface area contributed by atoms with E-state index in [2.05, 4.69) is 20.9 Å². The average molecular weight is 400 g/mol. The molecule has 0 radical (unpaired) electrons. The number of rotatable bonds is 4. The number of nitrogens with zero attached hydrogens (tertiary/aromatic N) is 3. The Morgan fingerprint density at radius 2 is 2.14 bits per heavy atom. The van der Waals surface area contributed by atoms with Crippen LogP contribution in [0, 0.1) is 5.82 Å². The van der Waals surface area contributed by atoms with Crippen LogP contribution in [0.3, 0.4) is 0 Å². The molecule has 3 heterocycles. The maximum atomic E-state index is 14.6. The zero-order valence-corrected chi connectivity index (χ0v) is 16.4. The van der Waals surface area contributed by atoms with Gasteiger partial charge in [-0.15, -0.1) is 0 Å². The van der Waals surface area contributed by atoms with Gasteiger partial charge in [-0.2, -0.15) is 0 Å². The fourth-order valence-corrected chi connectivity index (χ4v) is 3.59. The fraction of sp³-hybridized carbons (Fsp3) is 0.450. The van der Waals surface area contributed by atoms with Crippen molar-refractivity contribution in [3.05, 3.63) is 35.3 Å². The van der Waals surface area contributed by atoms with Gasteiger partial charge in [0, 0.05) is 37.3 Å². The van der Waals surface area contributed by atoms with Crippen molar-refractivity contribution in [3.63, 3.8) is 0 Å². The second kappa shape index (κ2) is 8.71. The zero-order valence-electron chi connectivity index (χ0n) is 16.4. The number of hydrogen-bond donors (Lipinski definition) is 3. The zero-order chi connectivity index (χ0) is 20.2. The predicted molar refractivity (Wildman–Crippen MR) is 109 cm³/mol. The highest BCUT2D eigenvalue weighted by atomic mass is 19.1. The maximum Gasteiger partial charge on any atom is 0.319 e. The van der Waals surface area contributed by atoms with Crippen molar-refractivity contribution in [1.82, 2.24) is 20.6 Å². The molecular formula is C20H25FN6O2. The summed E-state index contributed by atoms with van der Waals surface area (Å²) in [5, 5.41) is 8.43. The number of halogens is 1. The second-order valence-electron chi connectivity index (χ2n) is 7.00. The molecular weight excluding hydrogens is 375 g/mol. The van der Waals surface area contributed by atoms with Gasteiger partial charge in [0.05, 0.1) is 24.6 Å². The molecule has 29 heavy (non-hydrogen) atoms. The average Bonchev–Trinajstić information content (AvgIpc) is 2.75. The van der Waals surface area contributed by atoms with Gasteiger partial charge in [0.1, 0.15) is 11.6 Å². The Balaban J connectivity index is 1.67. The van der Waals surface area contributed by atoms with Gasteiger partial charge in [0.25, 0.3) is 0 Å². The molecule has 2 amide bonds. The Morgan fingerprint density at radius 1 is 1.31 bits per heavy atom. The van der Waals surface area contributed by atoms with Gasteiger partial charge >= 0.3 is 6.03 Å². The molecule has 3 N–H and O–H groups in total. The second-order valence-corrected chi connectivity index (χ2v) is 7.00. The lowest BCUT2D eigenvalue weighted by Crippen LogP contribution is -2.39. The summed E-state index contributed by atoms with van der Waals surface area (Å²) in [7, 11) is 0. The summed E-state index contributed by atoms with van der Waals surface area (Å²) in [6.07, 6.45) is 0.867. The smallest absolute Gasteiger partial charge is 0.319 e. The van der Waals surface area contributed by atoms with Crippen LogP contribution in [0.4, 0.5) is 20.7 Å². The summed E-state index contributed by atoms with van der Waals surface area (Å²) in [6.45, 7) is 6.71. The van der Waals surface area contributed by atoms with Crippen LogP contribution in [-0.4, -0.2) is 55.4 Å². The molecule has 1 saturated heterocycles. The van der Waals surface area contributed by atoms with E-state index >= 15 is 0 Å². The number of carbonyl (C=O) groups excluding carboxylic acids is 1. The third kappa shape index (κ3) is 4.30. The van der Waals surface area contributed by atoms with Crippen molar-refractivity contribution in [3.8, 4) is 11.4 Å². The molecule has 0 spiro atoms. The standard InChI is InChI=1S/C20H25FN6O2/c1-2-23-20(28)25-16-4-3-13(11-15(16)21)18-24-17-12-22-6-5-14(17)19(26-18)27-7-9-29-10-8-27/h3-4,11,22H,2,5-10,12H2,1H3,(H2,23,25,28). The number of hydrogen-bond acceptors (Lipinski definition) is 6. The first-order chi connectivity index (χ1) is 14.2. The van der Waals surface area contributed by atoms with Crippen LogP contribution in [0.1, 0.15) is 18.2 Å². The van der Waals surface area contributed by atoms with Crippen molar-refractivity contribution in [1.29, 1.82) is 0 Å². The van der Waals surface area contributed by atoms with Crippen LogP contribution < -0.4 is 20.9 Å². The van der Waals surface area contributed by atoms with Crippen LogP contribution in [0.15, 0.2) is 18.2 Å². The van der Waals surface area contributed by atoms with Crippen LogP contribution in [-0.2, 0) is 17.7 Å². The summed E-state index contributed by atoms with van der Waals surface area (Å²) in [6, 6.07) is 4.19. The van der Waals surface area contributed by atoms with E-state index in [4.69, 9.17) is 14.7 Å². The first kappa shape index (κ1) is 19.5. The number of nitrogens with one attached hydrogen (secondary N) is 3. The van der Waals surface area contributed by atoms with Crippen molar-refractivity contribution in [2.24, 2.45) is 0 Å². The van der Waals surface area contributed by atoms with Crippen molar-refractivity contribution < 1.29 is 13.9 Å². The lowest BCUT2D eigenvalue weighted by Gasteiger charge is -2.31. The number of ether oxygens (including phenoxy) is 1. The van der Waals surface area contributed by atoms with E-state index in [1.54, 1.807) is 13.0 Å². The van der Waals surface area contributed by atoms with Crippen LogP contribution in [0.2, 0.25) is 0 Å². The summed E-state index contributed by atoms with van der Waals surface area (Å²) in [5.74, 6) is 0.873. The van der Waals surface area contributed by atoms with Crippen LogP contribution >= 0.6 is 0 Å². The highest BCUT2D eigenvalue weighted by Gasteiger charge is 2.23. The molecule has 2 aliphatic rings. The van der Waals surface area contributed by atoms with Crippen LogP contribution in [0.25, 0.3) is 11.4 Å². The van der Waals surface area contributed by atoms with E-state index in [9.17, 15) is 9.18 Å². The van der Waals surface area contributed by atoms with Crippen molar-refractivity contribution in [2.75, 3.05) is 49.6 Å². The Morgan fingerprint density at radius 3 is 2.90 bits per heavy atom. The summed E-state index contributed by atoms with van der Waals surface area (Å²) in [4.78, 5) is 23.4. The largest absolute Gasteiger partial charge is 0.378 e. The third-order valence-corrected chi connectivity index (χ3v) is 5.04. The SMILES string of the molecule is CCNC(=O)Nc1ccc(-c2nc3c(c(N4CCOCC4)n2)CCNC3)cc1F. The minimum atomic E-state index is -0.527. The molecule has 0 unspecified atom stereocenters. The summed E-state index contributed by atoms with van der Waals surface area (Å²) >= 11 is 0. The van der Waals surface area contributed by atoms with Crippen molar-refractivity contribution >= 4 is 17.5 Å². The van der Waals surface area contributed by atoms with E-state index in [0.717, 1.165) is 43.1 Å². The number of benzene rings is 1. The molecule has 1 aromatic heterocycles. The van der Waals surface area contributed by atoms with Crippen LogP contribution in [0.5, 0.6) is 0 Å². The van der Waals surface area contributed by atoms with Gasteiger partial charge in [0.2, 0.25) is 0 Å². The number of aromatic nitrogens is 2. The summed E-state index contributed by atoms with van der Waals surface area (Å²) in [5.41, 5.74) is 2.80. The minimum Gasteiger partial charge on any atom is -0.378 e. The normalized spacial score (nSPS) is 16.3. The van der Waals surface area contributed by atoms with Gasteiger partial charge in [-0.25, -0.2) is 19.2 Å². The van der Waals surface area contributed by atoms with E-state index in [-0.39, 0.29) is 5.69 Å². The Hall–Kier alpha value is -2.78. The molecule has 0 saturated carbocycles. The number of fused-ring (bicyclic) bond motifs is 1. The lowest BCUT2D eigenvalue weighted by atomic mass is 10.1. The Bertz CT molecular complexity index is 901. The van der Waals surface area contributed by atoms with Gasteiger partial charge in [0.15, 0.2) is 5.82 Å². The van der Waals surface area contributed by atoms with E-state index in [1.807, 2.05) is 0 Å². The fourth-order valence-electron chi connectivity index (χ4n) is 3.59. The van der Waals surface area contributed by atoms with E-state index in [1.165, 1.54) is 12.1 Å². The maximum absolute atomic E-state index is 14.6. The molecule has 8 nitrogen and oxygen atoms in total. The highest BCUT2D eigenvalue weighted by molar-refractivity contribution is 5.89. The quantitative estimate of drug-likeness (QED) is 0.726. The third-order valence-electron chi connectivity index (χ3n) is 5.04. The number of morpholine rings is 1. The molecule has 9 heteroatoms. The Labute approximate surface area is 168 Å². The molecule has 2 aromatic rings. The highest BCUT2D eigenvalue weighted by Crippen LogP contribution is 2.29. The number of anilines is 2. The van der Waals surface area contributed by atoms with Gasteiger partial charge in [-0.05, 0) is 38.1 Å². The number of amides is 2. The molecule has 2 aliphatic heterocycles. The van der Waals surface area contributed by atoms with Gasteiger partial charge < -0.3 is 25.6 Å². The first-order valence-corrected chi connectivity index (χ1v) is 9.93. The first-order valence-electron chi connectivity index (χ1n) is 9.93. The van der Waals surface area contributed by atoms with Gasteiger partial charge in [-0.3, -0.25) is 0 Å². The predicted octanol–water partition coefficient (Wildman–Crippen LogP) is 1.91. The molecule has 154 valence electrons. The molecule has 1 aromatic carbocycles. The van der Waals surface area contributed by atoms with E-state index < -0.39 is 11.8 Å². The molecule has 1 fully saturated rings. The Kier molecular flexibility index (Phi) is 5.86. The molecule has 0 aliphatic carbocycles. The number of urea groups is 1. The molecule has 4 rings (SSSR count). The van der Waals surface area contributed by atoms with Gasteiger partial charge in [-0.1, -0.05) is 0 Å². The molecule has 0 atom stereocenters. The van der Waals surface area contributed by atoms with E-state index in [0.29, 0.717) is 37.7 Å². The minimum absolute atomic E-state index is 0.118. The summed E-state index contributed by atoms with van der Waals surface area (Å²) < 4.78 is 20.1. The lowest BCUT2D eigenvalue weighted by molar-refractivity contribution is 0.122. The molecule has 0 bridgehead atoms. The number of carbonyl (C=O) groups is 1.